The molecule has 1 aliphatic rings. The van der Waals surface area contributed by atoms with E-state index in [1.807, 2.05) is 19.1 Å². The molecule has 4 heteroatoms. The SMILES string of the molecule is Cc1c(C#CCO)cccc1C(=O)NCC1CCOCC1. The zero-order valence-corrected chi connectivity index (χ0v) is 12.3. The van der Waals surface area contributed by atoms with Crippen LogP contribution in [0.4, 0.5) is 0 Å². The number of benzene rings is 1. The van der Waals surface area contributed by atoms with E-state index in [0.29, 0.717) is 18.0 Å². The van der Waals surface area contributed by atoms with Gasteiger partial charge in [-0.15, -0.1) is 0 Å². The second-order valence-electron chi connectivity index (χ2n) is 5.20. The van der Waals surface area contributed by atoms with Gasteiger partial charge in [0.05, 0.1) is 0 Å². The first-order chi connectivity index (χ1) is 10.2. The Balaban J connectivity index is 2.01. The van der Waals surface area contributed by atoms with Crippen LogP contribution in [0.2, 0.25) is 0 Å². The molecule has 21 heavy (non-hydrogen) atoms. The molecule has 1 heterocycles. The third-order valence-electron chi connectivity index (χ3n) is 3.77. The molecule has 0 radical (unpaired) electrons. The Morgan fingerprint density at radius 1 is 1.43 bits per heavy atom. The summed E-state index contributed by atoms with van der Waals surface area (Å²) in [5, 5.41) is 11.8. The summed E-state index contributed by atoms with van der Waals surface area (Å²) in [5.74, 6) is 5.92. The predicted octanol–water partition coefficient (Wildman–Crippen LogP) is 1.50. The summed E-state index contributed by atoms with van der Waals surface area (Å²) >= 11 is 0. The van der Waals surface area contributed by atoms with E-state index < -0.39 is 0 Å². The average molecular weight is 287 g/mol. The maximum Gasteiger partial charge on any atom is 0.251 e. The molecule has 0 aromatic heterocycles. The fourth-order valence-corrected chi connectivity index (χ4v) is 2.43. The third-order valence-corrected chi connectivity index (χ3v) is 3.77. The molecule has 1 aliphatic heterocycles. The molecule has 0 unspecified atom stereocenters. The highest BCUT2D eigenvalue weighted by molar-refractivity contribution is 5.96. The van der Waals surface area contributed by atoms with Gasteiger partial charge in [0.2, 0.25) is 0 Å². The fraction of sp³-hybridized carbons (Fsp3) is 0.471. The Kier molecular flexibility index (Phi) is 5.79. The maximum atomic E-state index is 12.3. The Morgan fingerprint density at radius 3 is 2.90 bits per heavy atom. The van der Waals surface area contributed by atoms with Crippen LogP contribution in [0.1, 0.15) is 34.3 Å². The highest BCUT2D eigenvalue weighted by Gasteiger charge is 2.16. The summed E-state index contributed by atoms with van der Waals surface area (Å²) in [6.45, 7) is 3.95. The van der Waals surface area contributed by atoms with Crippen LogP contribution in [0.25, 0.3) is 0 Å². The second kappa shape index (κ2) is 7.82. The van der Waals surface area contributed by atoms with Crippen LogP contribution in [-0.4, -0.2) is 37.4 Å². The number of carbonyl (C=O) groups is 1. The van der Waals surface area contributed by atoms with Crippen molar-refractivity contribution in [2.24, 2.45) is 5.92 Å². The van der Waals surface area contributed by atoms with Gasteiger partial charge in [0.1, 0.15) is 6.61 Å². The van der Waals surface area contributed by atoms with Crippen LogP contribution in [0.15, 0.2) is 18.2 Å². The predicted molar refractivity (Wildman–Crippen MR) is 81.0 cm³/mol. The molecule has 0 spiro atoms. The number of ether oxygens (including phenoxy) is 1. The second-order valence-corrected chi connectivity index (χ2v) is 5.20. The minimum Gasteiger partial charge on any atom is -0.384 e. The largest absolute Gasteiger partial charge is 0.384 e. The van der Waals surface area contributed by atoms with Crippen LogP contribution in [-0.2, 0) is 4.74 Å². The Hall–Kier alpha value is -1.83. The third kappa shape index (κ3) is 4.32. The number of amides is 1. The van der Waals surface area contributed by atoms with E-state index in [0.717, 1.165) is 37.2 Å². The van der Waals surface area contributed by atoms with Gasteiger partial charge in [-0.3, -0.25) is 4.79 Å². The minimum absolute atomic E-state index is 0.0633. The van der Waals surface area contributed by atoms with Crippen LogP contribution in [0.3, 0.4) is 0 Å². The summed E-state index contributed by atoms with van der Waals surface area (Å²) in [6.07, 6.45) is 2.00. The molecule has 4 nitrogen and oxygen atoms in total. The van der Waals surface area contributed by atoms with Gasteiger partial charge >= 0.3 is 0 Å². The fourth-order valence-electron chi connectivity index (χ4n) is 2.43. The molecule has 0 saturated carbocycles. The van der Waals surface area contributed by atoms with Crippen molar-refractivity contribution in [2.45, 2.75) is 19.8 Å². The van der Waals surface area contributed by atoms with Crippen molar-refractivity contribution >= 4 is 5.91 Å². The molecule has 2 N–H and O–H groups in total. The van der Waals surface area contributed by atoms with E-state index in [-0.39, 0.29) is 12.5 Å². The van der Waals surface area contributed by atoms with Crippen molar-refractivity contribution in [3.8, 4) is 11.8 Å². The number of carbonyl (C=O) groups excluding carboxylic acids is 1. The zero-order chi connectivity index (χ0) is 15.1. The molecule has 0 atom stereocenters. The van der Waals surface area contributed by atoms with Gasteiger partial charge in [-0.25, -0.2) is 0 Å². The molecular weight excluding hydrogens is 266 g/mol. The smallest absolute Gasteiger partial charge is 0.251 e. The quantitative estimate of drug-likeness (QED) is 0.828. The molecule has 1 amide bonds. The van der Waals surface area contributed by atoms with Crippen molar-refractivity contribution in [2.75, 3.05) is 26.4 Å². The van der Waals surface area contributed by atoms with Crippen LogP contribution < -0.4 is 5.32 Å². The van der Waals surface area contributed by atoms with Gasteiger partial charge in [0, 0.05) is 30.9 Å². The standard InChI is InChI=1S/C17H21NO3/c1-13-15(5-3-9-19)4-2-6-16(13)17(20)18-12-14-7-10-21-11-8-14/h2,4,6,14,19H,7-12H2,1H3,(H,18,20). The highest BCUT2D eigenvalue weighted by atomic mass is 16.5. The van der Waals surface area contributed by atoms with E-state index in [2.05, 4.69) is 17.2 Å². The Labute approximate surface area is 125 Å². The summed E-state index contributed by atoms with van der Waals surface area (Å²) < 4.78 is 5.32. The van der Waals surface area contributed by atoms with Crippen LogP contribution >= 0.6 is 0 Å². The topological polar surface area (TPSA) is 58.6 Å². The van der Waals surface area contributed by atoms with E-state index in [9.17, 15) is 4.79 Å². The number of aliphatic hydroxyl groups excluding tert-OH is 1. The molecule has 112 valence electrons. The average Bonchev–Trinajstić information content (AvgIpc) is 2.52. The first-order valence-corrected chi connectivity index (χ1v) is 7.27. The number of aliphatic hydroxyl groups is 1. The van der Waals surface area contributed by atoms with Crippen LogP contribution in [0.5, 0.6) is 0 Å². The number of nitrogens with one attached hydrogen (secondary N) is 1. The normalized spacial score (nSPS) is 15.1. The summed E-state index contributed by atoms with van der Waals surface area (Å²) in [5.41, 5.74) is 2.28. The molecule has 2 rings (SSSR count). The first-order valence-electron chi connectivity index (χ1n) is 7.27. The van der Waals surface area contributed by atoms with Crippen molar-refractivity contribution in [1.82, 2.24) is 5.32 Å². The van der Waals surface area contributed by atoms with Gasteiger partial charge in [-0.2, -0.15) is 0 Å². The highest BCUT2D eigenvalue weighted by Crippen LogP contribution is 2.15. The van der Waals surface area contributed by atoms with E-state index in [1.165, 1.54) is 0 Å². The Morgan fingerprint density at radius 2 is 2.19 bits per heavy atom. The minimum atomic E-state index is -0.181. The molecule has 0 bridgehead atoms. The van der Waals surface area contributed by atoms with E-state index in [4.69, 9.17) is 9.84 Å². The van der Waals surface area contributed by atoms with E-state index in [1.54, 1.807) is 6.07 Å². The van der Waals surface area contributed by atoms with Crippen LogP contribution in [0, 0.1) is 24.7 Å². The maximum absolute atomic E-state index is 12.3. The lowest BCUT2D eigenvalue weighted by Gasteiger charge is -2.22. The lowest BCUT2D eigenvalue weighted by atomic mass is 9.99. The lowest BCUT2D eigenvalue weighted by Crippen LogP contribution is -2.32. The van der Waals surface area contributed by atoms with Gasteiger partial charge in [0.25, 0.3) is 5.91 Å². The van der Waals surface area contributed by atoms with Gasteiger partial charge in [-0.1, -0.05) is 17.9 Å². The summed E-state index contributed by atoms with van der Waals surface area (Å²) in [6, 6.07) is 5.48. The lowest BCUT2D eigenvalue weighted by molar-refractivity contribution is 0.0642. The summed E-state index contributed by atoms with van der Waals surface area (Å²) in [4.78, 5) is 12.3. The van der Waals surface area contributed by atoms with Gasteiger partial charge in [0.15, 0.2) is 0 Å². The Bertz CT molecular complexity index is 551. The van der Waals surface area contributed by atoms with Gasteiger partial charge in [-0.05, 0) is 43.4 Å². The number of hydrogen-bond acceptors (Lipinski definition) is 3. The van der Waals surface area contributed by atoms with Crippen molar-refractivity contribution < 1.29 is 14.6 Å². The molecule has 1 saturated heterocycles. The molecular formula is C17H21NO3. The van der Waals surface area contributed by atoms with Crippen molar-refractivity contribution in [3.63, 3.8) is 0 Å². The van der Waals surface area contributed by atoms with Crippen molar-refractivity contribution in [3.05, 3.63) is 34.9 Å². The van der Waals surface area contributed by atoms with Crippen molar-refractivity contribution in [1.29, 1.82) is 0 Å². The molecule has 1 aromatic rings. The van der Waals surface area contributed by atoms with E-state index >= 15 is 0 Å². The monoisotopic (exact) mass is 287 g/mol. The molecule has 1 aromatic carbocycles. The number of hydrogen-bond donors (Lipinski definition) is 2. The summed E-state index contributed by atoms with van der Waals surface area (Å²) in [7, 11) is 0. The number of rotatable bonds is 3. The molecule has 0 aliphatic carbocycles. The first kappa shape index (κ1) is 15.6. The molecule has 1 fully saturated rings. The van der Waals surface area contributed by atoms with Gasteiger partial charge < -0.3 is 15.2 Å². The zero-order valence-electron chi connectivity index (χ0n) is 12.3.